The molecule has 0 saturated heterocycles. The van der Waals surface area contributed by atoms with Gasteiger partial charge in [0.05, 0.1) is 17.5 Å². The van der Waals surface area contributed by atoms with Crippen LogP contribution < -0.4 is 5.32 Å². The topological polar surface area (TPSA) is 71.7 Å². The average Bonchev–Trinajstić information content (AvgIpc) is 3.22. The number of fused-ring (bicyclic) bond motifs is 1. The zero-order valence-corrected chi connectivity index (χ0v) is 17.0. The Balaban J connectivity index is 1.68. The Kier molecular flexibility index (Phi) is 5.72. The minimum Gasteiger partial charge on any atom is -0.337 e. The number of benzene rings is 2. The molecule has 0 radical (unpaired) electrons. The van der Waals surface area contributed by atoms with Crippen LogP contribution in [-0.2, 0) is 6.18 Å². The predicted octanol–water partition coefficient (Wildman–Crippen LogP) is 5.43. The Labute approximate surface area is 181 Å². The average molecular weight is 437 g/mol. The molecule has 9 heteroatoms. The molecule has 0 aliphatic heterocycles. The fraction of sp³-hybridized carbons (Fsp3) is 0.130. The van der Waals surface area contributed by atoms with Crippen molar-refractivity contribution in [1.29, 1.82) is 0 Å². The van der Waals surface area contributed by atoms with Gasteiger partial charge in [0, 0.05) is 29.2 Å². The molecule has 0 aliphatic carbocycles. The first kappa shape index (κ1) is 21.2. The van der Waals surface area contributed by atoms with E-state index in [-0.39, 0.29) is 18.0 Å². The van der Waals surface area contributed by atoms with Crippen LogP contribution in [0.2, 0.25) is 0 Å². The van der Waals surface area contributed by atoms with Crippen LogP contribution in [0.3, 0.4) is 0 Å². The van der Waals surface area contributed by atoms with Gasteiger partial charge in [0.2, 0.25) is 0 Å². The fourth-order valence-corrected chi connectivity index (χ4v) is 3.25. The first-order valence-corrected chi connectivity index (χ1v) is 9.71. The number of aliphatic imine (C=N–C) groups is 1. The highest BCUT2D eigenvalue weighted by atomic mass is 19.4. The van der Waals surface area contributed by atoms with E-state index in [4.69, 9.17) is 0 Å². The van der Waals surface area contributed by atoms with Crippen molar-refractivity contribution in [3.63, 3.8) is 0 Å². The molecule has 0 aliphatic rings. The third-order valence-corrected chi connectivity index (χ3v) is 4.78. The highest BCUT2D eigenvalue weighted by molar-refractivity contribution is 5.99. The molecule has 0 atom stereocenters. The van der Waals surface area contributed by atoms with Gasteiger partial charge in [-0.25, -0.2) is 9.97 Å². The van der Waals surface area contributed by atoms with Gasteiger partial charge in [0.1, 0.15) is 6.54 Å². The van der Waals surface area contributed by atoms with E-state index in [0.717, 1.165) is 17.7 Å². The van der Waals surface area contributed by atoms with Crippen molar-refractivity contribution in [1.82, 2.24) is 14.4 Å². The summed E-state index contributed by atoms with van der Waals surface area (Å²) >= 11 is 0. The lowest BCUT2D eigenvalue weighted by Crippen LogP contribution is -2.06. The number of imidazole rings is 1. The second kappa shape index (κ2) is 8.62. The van der Waals surface area contributed by atoms with Crippen LogP contribution >= 0.6 is 0 Å². The number of alkyl halides is 3. The number of halogens is 3. The summed E-state index contributed by atoms with van der Waals surface area (Å²) in [4.78, 5) is 24.9. The molecule has 2 aromatic heterocycles. The monoisotopic (exact) mass is 437 g/mol. The molecule has 0 unspecified atom stereocenters. The number of Topliss-reactive ketones (excluding diaryl/α,β-unsaturated/α-hetero) is 1. The van der Waals surface area contributed by atoms with Crippen molar-refractivity contribution in [3.8, 4) is 11.3 Å². The minimum absolute atomic E-state index is 0.0715. The van der Waals surface area contributed by atoms with E-state index in [1.54, 1.807) is 48.1 Å². The van der Waals surface area contributed by atoms with Crippen molar-refractivity contribution in [2.75, 3.05) is 11.9 Å². The Bertz CT molecular complexity index is 1310. The van der Waals surface area contributed by atoms with Crippen molar-refractivity contribution >= 4 is 29.2 Å². The summed E-state index contributed by atoms with van der Waals surface area (Å²) in [6.07, 6.45) is 1.99. The molecule has 2 aromatic carbocycles. The number of nitrogens with one attached hydrogen (secondary N) is 1. The van der Waals surface area contributed by atoms with Gasteiger partial charge in [-0.05, 0) is 37.4 Å². The molecule has 32 heavy (non-hydrogen) atoms. The molecule has 4 rings (SSSR count). The second-order valence-electron chi connectivity index (χ2n) is 6.92. The molecular weight excluding hydrogens is 419 g/mol. The lowest BCUT2D eigenvalue weighted by molar-refractivity contribution is -0.137. The molecule has 6 nitrogen and oxygen atoms in total. The summed E-state index contributed by atoms with van der Waals surface area (Å²) in [6, 6.07) is 12.0. The van der Waals surface area contributed by atoms with E-state index in [1.807, 2.05) is 6.07 Å². The molecule has 4 aromatic rings. The summed E-state index contributed by atoms with van der Waals surface area (Å²) in [5.41, 5.74) is 1.93. The number of aromatic nitrogens is 3. The molecule has 0 bridgehead atoms. The van der Waals surface area contributed by atoms with Gasteiger partial charge in [0.15, 0.2) is 17.2 Å². The van der Waals surface area contributed by atoms with Crippen molar-refractivity contribution in [2.24, 2.45) is 4.99 Å². The zero-order chi connectivity index (χ0) is 22.7. The van der Waals surface area contributed by atoms with Crippen molar-refractivity contribution in [2.45, 2.75) is 13.1 Å². The molecule has 162 valence electrons. The molecule has 0 saturated carbocycles. The smallest absolute Gasteiger partial charge is 0.337 e. The number of nitrogens with zero attached hydrogens (tertiary/aromatic N) is 4. The number of rotatable bonds is 6. The van der Waals surface area contributed by atoms with Crippen molar-refractivity contribution < 1.29 is 18.0 Å². The molecule has 0 fully saturated rings. The summed E-state index contributed by atoms with van der Waals surface area (Å²) in [5, 5.41) is 2.91. The van der Waals surface area contributed by atoms with Gasteiger partial charge in [-0.2, -0.15) is 13.2 Å². The Morgan fingerprint density at radius 1 is 1.16 bits per heavy atom. The quantitative estimate of drug-likeness (QED) is 0.322. The molecule has 0 spiro atoms. The summed E-state index contributed by atoms with van der Waals surface area (Å²) < 4.78 is 40.8. The zero-order valence-electron chi connectivity index (χ0n) is 17.0. The van der Waals surface area contributed by atoms with Crippen LogP contribution in [0.5, 0.6) is 0 Å². The number of carbonyl (C=O) groups excluding carboxylic acids is 1. The second-order valence-corrected chi connectivity index (χ2v) is 6.92. The van der Waals surface area contributed by atoms with Gasteiger partial charge in [-0.3, -0.25) is 14.2 Å². The van der Waals surface area contributed by atoms with Crippen LogP contribution in [0.25, 0.3) is 16.9 Å². The minimum atomic E-state index is -4.44. The number of ketones is 1. The fourth-order valence-electron chi connectivity index (χ4n) is 3.25. The third-order valence-electron chi connectivity index (χ3n) is 4.78. The van der Waals surface area contributed by atoms with E-state index in [0.29, 0.717) is 22.7 Å². The number of hydrogen-bond donors (Lipinski definition) is 1. The number of anilines is 2. The van der Waals surface area contributed by atoms with E-state index in [2.05, 4.69) is 20.3 Å². The molecule has 2 heterocycles. The summed E-state index contributed by atoms with van der Waals surface area (Å²) in [6.45, 7) is 1.82. The standard InChI is InChI=1S/C23H18F3N5O/c1-2-27-14-20(32)16-6-3-5-15(11-16)19-13-29-22-21(28-9-10-31(19)22)30-18-8-4-7-17(12-18)23(24,25)26/h2-13H,14H2,1H3,(H,28,30). The van der Waals surface area contributed by atoms with Crippen LogP contribution in [-0.4, -0.2) is 32.9 Å². The van der Waals surface area contributed by atoms with Gasteiger partial charge in [0.25, 0.3) is 0 Å². The highest BCUT2D eigenvalue weighted by Gasteiger charge is 2.30. The lowest BCUT2D eigenvalue weighted by atomic mass is 10.1. The largest absolute Gasteiger partial charge is 0.416 e. The Morgan fingerprint density at radius 2 is 1.97 bits per heavy atom. The van der Waals surface area contributed by atoms with E-state index < -0.39 is 11.7 Å². The first-order chi connectivity index (χ1) is 15.4. The SMILES string of the molecule is CC=NCC(=O)c1cccc(-c2cnc3c(Nc4cccc(C(F)(F)F)c4)nccn23)c1. The van der Waals surface area contributed by atoms with Crippen LogP contribution in [0, 0.1) is 0 Å². The number of hydrogen-bond acceptors (Lipinski definition) is 5. The lowest BCUT2D eigenvalue weighted by Gasteiger charge is -2.11. The maximum Gasteiger partial charge on any atom is 0.416 e. The Hall–Kier alpha value is -4.01. The van der Waals surface area contributed by atoms with Crippen LogP contribution in [0.4, 0.5) is 24.7 Å². The van der Waals surface area contributed by atoms with E-state index in [9.17, 15) is 18.0 Å². The maximum atomic E-state index is 13.0. The van der Waals surface area contributed by atoms with Gasteiger partial charge in [-0.1, -0.05) is 24.3 Å². The van der Waals surface area contributed by atoms with E-state index in [1.165, 1.54) is 18.3 Å². The van der Waals surface area contributed by atoms with Crippen molar-refractivity contribution in [3.05, 3.63) is 78.2 Å². The maximum absolute atomic E-state index is 13.0. The van der Waals surface area contributed by atoms with Gasteiger partial charge in [-0.15, -0.1) is 0 Å². The van der Waals surface area contributed by atoms with Gasteiger partial charge < -0.3 is 5.32 Å². The number of carbonyl (C=O) groups is 1. The Morgan fingerprint density at radius 3 is 2.75 bits per heavy atom. The highest BCUT2D eigenvalue weighted by Crippen LogP contribution is 2.32. The predicted molar refractivity (Wildman–Crippen MR) is 117 cm³/mol. The third kappa shape index (κ3) is 4.36. The first-order valence-electron chi connectivity index (χ1n) is 9.71. The molecule has 0 amide bonds. The normalized spacial score (nSPS) is 11.9. The summed E-state index contributed by atoms with van der Waals surface area (Å²) in [5.74, 6) is 0.204. The molecular formula is C23H18F3N5O. The molecule has 1 N–H and O–H groups in total. The van der Waals surface area contributed by atoms with Crippen LogP contribution in [0.15, 0.2) is 72.1 Å². The summed E-state index contributed by atoms with van der Waals surface area (Å²) in [7, 11) is 0. The van der Waals surface area contributed by atoms with Crippen LogP contribution in [0.1, 0.15) is 22.8 Å². The van der Waals surface area contributed by atoms with Gasteiger partial charge >= 0.3 is 6.18 Å². The van der Waals surface area contributed by atoms with E-state index >= 15 is 0 Å².